The number of sulfone groups is 1. The maximum atomic E-state index is 13.1. The molecule has 0 aromatic heterocycles. The van der Waals surface area contributed by atoms with Crippen LogP contribution < -0.4 is 11.3 Å². The van der Waals surface area contributed by atoms with E-state index < -0.39 is 21.6 Å². The third kappa shape index (κ3) is 11.2. The van der Waals surface area contributed by atoms with Gasteiger partial charge in [-0.25, -0.2) is 8.42 Å². The molecule has 180 valence electrons. The van der Waals surface area contributed by atoms with Gasteiger partial charge in [0.25, 0.3) is 0 Å². The normalized spacial score (nSPS) is 12.3. The molecule has 0 heterocycles. The summed E-state index contributed by atoms with van der Waals surface area (Å²) in [6.07, 6.45) is 11.5. The van der Waals surface area contributed by atoms with Crippen LogP contribution in [0.1, 0.15) is 102 Å². The van der Waals surface area contributed by atoms with Crippen LogP contribution in [0.25, 0.3) is 0 Å². The molecule has 0 fully saturated rings. The summed E-state index contributed by atoms with van der Waals surface area (Å²) in [7, 11) is -3.75. The molecule has 0 radical (unpaired) electrons. The van der Waals surface area contributed by atoms with Crippen molar-refractivity contribution in [3.05, 3.63) is 23.8 Å². The zero-order valence-electron chi connectivity index (χ0n) is 18.8. The molecule has 1 aromatic rings. The van der Waals surface area contributed by atoms with E-state index in [1.807, 2.05) is 5.43 Å². The van der Waals surface area contributed by atoms with Crippen molar-refractivity contribution in [3.8, 4) is 0 Å². The van der Waals surface area contributed by atoms with Gasteiger partial charge >= 0.3 is 6.18 Å². The van der Waals surface area contributed by atoms with Crippen LogP contribution in [-0.4, -0.2) is 14.2 Å². The summed E-state index contributed by atoms with van der Waals surface area (Å²) < 4.78 is 64.1. The van der Waals surface area contributed by atoms with Gasteiger partial charge in [0.1, 0.15) is 0 Å². The first kappa shape index (κ1) is 27.8. The highest BCUT2D eigenvalue weighted by molar-refractivity contribution is 7.91. The van der Waals surface area contributed by atoms with E-state index in [9.17, 15) is 21.6 Å². The molecule has 4 nitrogen and oxygen atoms in total. The Hall–Kier alpha value is -1.28. The van der Waals surface area contributed by atoms with Gasteiger partial charge in [-0.15, -0.1) is 0 Å². The van der Waals surface area contributed by atoms with Gasteiger partial charge in [0, 0.05) is 0 Å². The van der Waals surface area contributed by atoms with Crippen molar-refractivity contribution < 1.29 is 21.6 Å². The molecule has 0 aliphatic carbocycles. The van der Waals surface area contributed by atoms with Gasteiger partial charge in [0.05, 0.1) is 21.9 Å². The van der Waals surface area contributed by atoms with Gasteiger partial charge < -0.3 is 5.43 Å². The lowest BCUT2D eigenvalue weighted by molar-refractivity contribution is -0.137. The lowest BCUT2D eigenvalue weighted by atomic mass is 10.0. The first-order valence-electron chi connectivity index (χ1n) is 11.6. The molecule has 3 N–H and O–H groups in total. The smallest absolute Gasteiger partial charge is 0.324 e. The third-order valence-corrected chi connectivity index (χ3v) is 7.38. The van der Waals surface area contributed by atoms with Crippen LogP contribution in [0.5, 0.6) is 0 Å². The number of nitrogens with one attached hydrogen (secondary N) is 1. The zero-order valence-corrected chi connectivity index (χ0v) is 19.6. The van der Waals surface area contributed by atoms with Crippen molar-refractivity contribution in [3.63, 3.8) is 0 Å². The number of anilines is 1. The van der Waals surface area contributed by atoms with Crippen molar-refractivity contribution in [2.45, 2.75) is 108 Å². The van der Waals surface area contributed by atoms with Gasteiger partial charge in [-0.05, 0) is 24.6 Å². The van der Waals surface area contributed by atoms with Gasteiger partial charge in [-0.3, -0.25) is 5.84 Å². The molecule has 0 aliphatic rings. The molecule has 0 bridgehead atoms. The van der Waals surface area contributed by atoms with Crippen LogP contribution in [0.3, 0.4) is 0 Å². The summed E-state index contributed by atoms with van der Waals surface area (Å²) in [5, 5.41) is 0. The Morgan fingerprint density at radius 3 is 1.68 bits per heavy atom. The summed E-state index contributed by atoms with van der Waals surface area (Å²) in [6, 6.07) is 2.89. The maximum Gasteiger partial charge on any atom is 0.418 e. The summed E-state index contributed by atoms with van der Waals surface area (Å²) >= 11 is 0. The number of hydrazine groups is 1. The van der Waals surface area contributed by atoms with Crippen LogP contribution in [0, 0.1) is 0 Å². The van der Waals surface area contributed by atoms with Crippen LogP contribution in [0.4, 0.5) is 18.9 Å². The first-order chi connectivity index (χ1) is 14.7. The maximum absolute atomic E-state index is 13.1. The summed E-state index contributed by atoms with van der Waals surface area (Å²) in [5.74, 6) is 4.96. The van der Waals surface area contributed by atoms with Crippen LogP contribution >= 0.6 is 0 Å². The topological polar surface area (TPSA) is 72.2 Å². The first-order valence-corrected chi connectivity index (χ1v) is 13.3. The van der Waals surface area contributed by atoms with Gasteiger partial charge in [0.15, 0.2) is 9.84 Å². The minimum Gasteiger partial charge on any atom is -0.324 e. The van der Waals surface area contributed by atoms with Gasteiger partial charge in [-0.1, -0.05) is 90.4 Å². The Labute approximate surface area is 186 Å². The molecule has 0 amide bonds. The Kier molecular flexibility index (Phi) is 13.2. The van der Waals surface area contributed by atoms with Crippen molar-refractivity contribution in [1.82, 2.24) is 0 Å². The number of benzene rings is 1. The highest BCUT2D eigenvalue weighted by Crippen LogP contribution is 2.36. The monoisotopic (exact) mass is 464 g/mol. The fourth-order valence-electron chi connectivity index (χ4n) is 3.68. The fraction of sp³-hybridized carbons (Fsp3) is 0.739. The number of rotatable bonds is 17. The van der Waals surface area contributed by atoms with Crippen molar-refractivity contribution in [1.29, 1.82) is 0 Å². The van der Waals surface area contributed by atoms with Crippen LogP contribution in [0.15, 0.2) is 23.1 Å². The summed E-state index contributed by atoms with van der Waals surface area (Å²) in [4.78, 5) is -0.312. The molecule has 8 heteroatoms. The van der Waals surface area contributed by atoms with E-state index in [0.29, 0.717) is 12.5 Å². The second kappa shape index (κ2) is 14.7. The van der Waals surface area contributed by atoms with E-state index in [1.54, 1.807) is 0 Å². The number of hydrogen-bond acceptors (Lipinski definition) is 4. The van der Waals surface area contributed by atoms with Crippen molar-refractivity contribution in [2.24, 2.45) is 5.84 Å². The van der Waals surface area contributed by atoms with E-state index in [-0.39, 0.29) is 16.3 Å². The molecule has 0 aliphatic heterocycles. The average Bonchev–Trinajstić information content (AvgIpc) is 2.72. The van der Waals surface area contributed by atoms with E-state index in [1.165, 1.54) is 63.9 Å². The summed E-state index contributed by atoms with van der Waals surface area (Å²) in [6.45, 7) is 2.23. The number of halogens is 3. The fourth-order valence-corrected chi connectivity index (χ4v) is 5.07. The highest BCUT2D eigenvalue weighted by atomic mass is 32.2. The zero-order chi connectivity index (χ0) is 23.2. The predicted octanol–water partition coefficient (Wildman–Crippen LogP) is 7.25. The van der Waals surface area contributed by atoms with Gasteiger partial charge in [-0.2, -0.15) is 13.2 Å². The summed E-state index contributed by atoms with van der Waals surface area (Å²) in [5.41, 5.74) is 0.547. The molecule has 0 unspecified atom stereocenters. The Morgan fingerprint density at radius 2 is 1.26 bits per heavy atom. The molecule has 0 saturated carbocycles. The number of unbranched alkanes of at least 4 members (excludes halogenated alkanes) is 13. The number of alkyl halides is 3. The molecule has 0 atom stereocenters. The second-order valence-electron chi connectivity index (χ2n) is 8.26. The van der Waals surface area contributed by atoms with E-state index in [0.717, 1.165) is 31.7 Å². The highest BCUT2D eigenvalue weighted by Gasteiger charge is 2.34. The molecule has 0 spiro atoms. The molecule has 31 heavy (non-hydrogen) atoms. The number of nitrogens with two attached hydrogens (primary N) is 1. The average molecular weight is 465 g/mol. The lowest BCUT2D eigenvalue weighted by Crippen LogP contribution is -2.16. The van der Waals surface area contributed by atoms with Crippen LogP contribution in [0.2, 0.25) is 0 Å². The number of hydrogen-bond donors (Lipinski definition) is 2. The molecular weight excluding hydrogens is 425 g/mol. The Bertz CT molecular complexity index is 722. The molecular formula is C23H39F3N2O2S. The van der Waals surface area contributed by atoms with E-state index in [2.05, 4.69) is 6.92 Å². The Morgan fingerprint density at radius 1 is 0.806 bits per heavy atom. The quantitative estimate of drug-likeness (QED) is 0.145. The minimum absolute atomic E-state index is 0.141. The molecule has 1 rings (SSSR count). The second-order valence-corrected chi connectivity index (χ2v) is 10.4. The Balaban J connectivity index is 2.22. The van der Waals surface area contributed by atoms with Crippen LogP contribution in [-0.2, 0) is 16.0 Å². The van der Waals surface area contributed by atoms with Crippen molar-refractivity contribution in [2.75, 3.05) is 11.2 Å². The molecule has 1 aromatic carbocycles. The molecule has 0 saturated heterocycles. The van der Waals surface area contributed by atoms with Crippen molar-refractivity contribution >= 4 is 15.5 Å². The standard InChI is InChI=1S/C23H39F3N2O2S/c1-2-3-4-5-6-7-8-9-10-11-12-13-14-15-18-31(29,30)20-16-17-22(28-27)21(19-20)23(24,25)26/h16-17,19,28H,2-15,18,27H2,1H3. The predicted molar refractivity (Wildman–Crippen MR) is 122 cm³/mol. The van der Waals surface area contributed by atoms with Gasteiger partial charge in [0.2, 0.25) is 0 Å². The number of nitrogen functional groups attached to an aromatic ring is 1. The third-order valence-electron chi connectivity index (χ3n) is 5.58. The lowest BCUT2D eigenvalue weighted by Gasteiger charge is -2.14. The van der Waals surface area contributed by atoms with E-state index >= 15 is 0 Å². The largest absolute Gasteiger partial charge is 0.418 e. The SMILES string of the molecule is CCCCCCCCCCCCCCCCS(=O)(=O)c1ccc(NN)c(C(F)(F)F)c1. The van der Waals surface area contributed by atoms with E-state index in [4.69, 9.17) is 5.84 Å². The minimum atomic E-state index is -4.68.